The lowest BCUT2D eigenvalue weighted by atomic mass is 10.2. The van der Waals surface area contributed by atoms with Gasteiger partial charge in [-0.2, -0.15) is 5.26 Å². The first-order valence-corrected chi connectivity index (χ1v) is 4.87. The number of nitrogens with zero attached hydrogens (tertiary/aromatic N) is 2. The number of nitrogens with one attached hydrogen (secondary N) is 1. The summed E-state index contributed by atoms with van der Waals surface area (Å²) in [5, 5.41) is 12.2. The van der Waals surface area contributed by atoms with E-state index in [1.165, 1.54) is 0 Å². The molecule has 0 atom stereocenters. The SMILES string of the molecule is N#Cc1cc(N)cnc1NC1CC=CC1. The van der Waals surface area contributed by atoms with Gasteiger partial charge in [-0.05, 0) is 18.9 Å². The van der Waals surface area contributed by atoms with E-state index >= 15 is 0 Å². The molecule has 1 aromatic heterocycles. The van der Waals surface area contributed by atoms with Crippen LogP contribution < -0.4 is 11.1 Å². The summed E-state index contributed by atoms with van der Waals surface area (Å²) in [6, 6.07) is 4.08. The fourth-order valence-corrected chi connectivity index (χ4v) is 1.61. The normalized spacial score (nSPS) is 15.1. The summed E-state index contributed by atoms with van der Waals surface area (Å²) in [6.07, 6.45) is 7.78. The molecule has 0 aromatic carbocycles. The number of anilines is 2. The number of rotatable bonds is 2. The molecule has 1 aliphatic carbocycles. The average Bonchev–Trinajstić information content (AvgIpc) is 2.73. The molecule has 0 spiro atoms. The maximum atomic E-state index is 8.92. The van der Waals surface area contributed by atoms with Crippen LogP contribution in [0.4, 0.5) is 11.5 Å². The van der Waals surface area contributed by atoms with Gasteiger partial charge in [0.15, 0.2) is 0 Å². The van der Waals surface area contributed by atoms with Gasteiger partial charge >= 0.3 is 0 Å². The Morgan fingerprint density at radius 1 is 1.47 bits per heavy atom. The van der Waals surface area contributed by atoms with Crippen molar-refractivity contribution in [2.45, 2.75) is 18.9 Å². The van der Waals surface area contributed by atoms with Crippen molar-refractivity contribution < 1.29 is 0 Å². The molecule has 0 fully saturated rings. The van der Waals surface area contributed by atoms with Gasteiger partial charge in [-0.25, -0.2) is 4.98 Å². The fourth-order valence-electron chi connectivity index (χ4n) is 1.61. The zero-order valence-electron chi connectivity index (χ0n) is 8.27. The van der Waals surface area contributed by atoms with Crippen molar-refractivity contribution in [2.75, 3.05) is 11.1 Å². The number of aromatic nitrogens is 1. The van der Waals surface area contributed by atoms with E-state index < -0.39 is 0 Å². The highest BCUT2D eigenvalue weighted by molar-refractivity contribution is 5.57. The van der Waals surface area contributed by atoms with Gasteiger partial charge in [0.2, 0.25) is 0 Å². The molecule has 0 bridgehead atoms. The smallest absolute Gasteiger partial charge is 0.144 e. The summed E-state index contributed by atoms with van der Waals surface area (Å²) >= 11 is 0. The number of nitriles is 1. The summed E-state index contributed by atoms with van der Waals surface area (Å²) in [5.41, 5.74) is 6.57. The number of nitrogens with two attached hydrogens (primary N) is 1. The van der Waals surface area contributed by atoms with Gasteiger partial charge in [0.05, 0.1) is 17.4 Å². The van der Waals surface area contributed by atoms with Crippen molar-refractivity contribution >= 4 is 11.5 Å². The van der Waals surface area contributed by atoms with Gasteiger partial charge in [0.25, 0.3) is 0 Å². The van der Waals surface area contributed by atoms with Gasteiger partial charge in [-0.3, -0.25) is 0 Å². The minimum atomic E-state index is 0.355. The standard InChI is InChI=1S/C11H12N4/c12-6-8-5-9(13)7-14-11(8)15-10-3-1-2-4-10/h1-2,5,7,10H,3-4,13H2,(H,14,15). The lowest BCUT2D eigenvalue weighted by Crippen LogP contribution is -2.17. The van der Waals surface area contributed by atoms with Crippen LogP contribution >= 0.6 is 0 Å². The Balaban J connectivity index is 2.17. The third-order valence-corrected chi connectivity index (χ3v) is 2.38. The molecule has 0 aliphatic heterocycles. The number of hydrogen-bond donors (Lipinski definition) is 2. The lowest BCUT2D eigenvalue weighted by Gasteiger charge is -2.13. The zero-order chi connectivity index (χ0) is 10.7. The molecule has 1 heterocycles. The molecule has 0 radical (unpaired) electrons. The van der Waals surface area contributed by atoms with Crippen molar-refractivity contribution in [3.05, 3.63) is 30.0 Å². The molecule has 0 unspecified atom stereocenters. The van der Waals surface area contributed by atoms with Crippen LogP contribution in [0.1, 0.15) is 18.4 Å². The molecule has 1 aliphatic rings. The summed E-state index contributed by atoms with van der Waals surface area (Å²) in [6.45, 7) is 0. The molecular formula is C11H12N4. The molecule has 0 amide bonds. The largest absolute Gasteiger partial charge is 0.397 e. The van der Waals surface area contributed by atoms with Gasteiger partial charge in [-0.15, -0.1) is 0 Å². The van der Waals surface area contributed by atoms with E-state index in [9.17, 15) is 0 Å². The van der Waals surface area contributed by atoms with Crippen LogP contribution in [0.2, 0.25) is 0 Å². The van der Waals surface area contributed by atoms with Crippen molar-refractivity contribution in [2.24, 2.45) is 0 Å². The zero-order valence-corrected chi connectivity index (χ0v) is 8.27. The molecule has 15 heavy (non-hydrogen) atoms. The second kappa shape index (κ2) is 4.01. The predicted molar refractivity (Wildman–Crippen MR) is 59.1 cm³/mol. The van der Waals surface area contributed by atoms with Crippen LogP contribution in [0.25, 0.3) is 0 Å². The maximum Gasteiger partial charge on any atom is 0.144 e. The van der Waals surface area contributed by atoms with E-state index in [0.29, 0.717) is 23.1 Å². The van der Waals surface area contributed by atoms with Crippen molar-refractivity contribution in [3.8, 4) is 6.07 Å². The molecule has 76 valence electrons. The monoisotopic (exact) mass is 200 g/mol. The summed E-state index contributed by atoms with van der Waals surface area (Å²) < 4.78 is 0. The van der Waals surface area contributed by atoms with E-state index in [2.05, 4.69) is 28.5 Å². The molecule has 4 heteroatoms. The highest BCUT2D eigenvalue weighted by Gasteiger charge is 2.12. The number of hydrogen-bond acceptors (Lipinski definition) is 4. The molecule has 3 N–H and O–H groups in total. The van der Waals surface area contributed by atoms with Crippen molar-refractivity contribution in [1.82, 2.24) is 4.98 Å². The quantitative estimate of drug-likeness (QED) is 0.712. The molecule has 0 saturated heterocycles. The fraction of sp³-hybridized carbons (Fsp3) is 0.273. The van der Waals surface area contributed by atoms with Crippen LogP contribution in [0.5, 0.6) is 0 Å². The van der Waals surface area contributed by atoms with Gasteiger partial charge in [-0.1, -0.05) is 12.2 Å². The molecular weight excluding hydrogens is 188 g/mol. The first-order valence-electron chi connectivity index (χ1n) is 4.87. The lowest BCUT2D eigenvalue weighted by molar-refractivity contribution is 0.780. The van der Waals surface area contributed by atoms with Crippen molar-refractivity contribution in [1.29, 1.82) is 5.26 Å². The highest BCUT2D eigenvalue weighted by Crippen LogP contribution is 2.19. The van der Waals surface area contributed by atoms with E-state index in [-0.39, 0.29) is 0 Å². The Kier molecular flexibility index (Phi) is 2.55. The molecule has 1 aromatic rings. The highest BCUT2D eigenvalue weighted by atomic mass is 15.0. The summed E-state index contributed by atoms with van der Waals surface area (Å²) in [7, 11) is 0. The Morgan fingerprint density at radius 2 is 2.20 bits per heavy atom. The van der Waals surface area contributed by atoms with Crippen LogP contribution in [0.15, 0.2) is 24.4 Å². The van der Waals surface area contributed by atoms with Crippen molar-refractivity contribution in [3.63, 3.8) is 0 Å². The van der Waals surface area contributed by atoms with Gasteiger partial charge in [0.1, 0.15) is 11.9 Å². The molecule has 4 nitrogen and oxygen atoms in total. The van der Waals surface area contributed by atoms with Crippen LogP contribution in [0.3, 0.4) is 0 Å². The summed E-state index contributed by atoms with van der Waals surface area (Å²) in [5.74, 6) is 0.625. The Labute approximate surface area is 88.4 Å². The van der Waals surface area contributed by atoms with E-state index in [4.69, 9.17) is 11.0 Å². The minimum absolute atomic E-state index is 0.355. The Morgan fingerprint density at radius 3 is 2.87 bits per heavy atom. The topological polar surface area (TPSA) is 74.7 Å². The molecule has 0 saturated carbocycles. The Hall–Kier alpha value is -2.02. The first kappa shape index (κ1) is 9.53. The van der Waals surface area contributed by atoms with Gasteiger partial charge < -0.3 is 11.1 Å². The van der Waals surface area contributed by atoms with Gasteiger partial charge in [0, 0.05) is 6.04 Å². The summed E-state index contributed by atoms with van der Waals surface area (Å²) in [4.78, 5) is 4.13. The number of nitrogen functional groups attached to an aromatic ring is 1. The second-order valence-electron chi connectivity index (χ2n) is 3.56. The van der Waals surface area contributed by atoms with E-state index in [1.54, 1.807) is 12.3 Å². The van der Waals surface area contributed by atoms with E-state index in [1.807, 2.05) is 0 Å². The predicted octanol–water partition coefficient (Wildman–Crippen LogP) is 1.67. The number of pyridine rings is 1. The van der Waals surface area contributed by atoms with Crippen LogP contribution in [0, 0.1) is 11.3 Å². The van der Waals surface area contributed by atoms with Crippen LogP contribution in [-0.2, 0) is 0 Å². The maximum absolute atomic E-state index is 8.92. The first-order chi connectivity index (χ1) is 7.29. The average molecular weight is 200 g/mol. The molecule has 2 rings (SSSR count). The third-order valence-electron chi connectivity index (χ3n) is 2.38. The minimum Gasteiger partial charge on any atom is -0.397 e. The third kappa shape index (κ3) is 2.08. The van der Waals surface area contributed by atoms with E-state index in [0.717, 1.165) is 12.8 Å². The Bertz CT molecular complexity index is 423. The van der Waals surface area contributed by atoms with Crippen LogP contribution in [-0.4, -0.2) is 11.0 Å². The second-order valence-corrected chi connectivity index (χ2v) is 3.56.